The zero-order valence-electron chi connectivity index (χ0n) is 14.1. The summed E-state index contributed by atoms with van der Waals surface area (Å²) in [6.07, 6.45) is 1.74. The molecule has 26 heavy (non-hydrogen) atoms. The zero-order valence-corrected chi connectivity index (χ0v) is 15.6. The predicted molar refractivity (Wildman–Crippen MR) is 102 cm³/mol. The molecule has 1 fully saturated rings. The highest BCUT2D eigenvalue weighted by molar-refractivity contribution is 7.90. The maximum absolute atomic E-state index is 11.9. The summed E-state index contributed by atoms with van der Waals surface area (Å²) in [6, 6.07) is 11.8. The van der Waals surface area contributed by atoms with E-state index in [1.165, 1.54) is 18.2 Å². The van der Waals surface area contributed by atoms with Crippen molar-refractivity contribution in [3.05, 3.63) is 57.6 Å². The third-order valence-electron chi connectivity index (χ3n) is 4.30. The summed E-state index contributed by atoms with van der Waals surface area (Å²) in [4.78, 5) is 12.7. The topological polar surface area (TPSA) is 92.6 Å². The molecule has 2 aromatic rings. The van der Waals surface area contributed by atoms with Crippen molar-refractivity contribution in [2.24, 2.45) is 0 Å². The van der Waals surface area contributed by atoms with E-state index in [1.54, 1.807) is 6.07 Å². The maximum Gasteiger partial charge on any atom is 0.310 e. The summed E-state index contributed by atoms with van der Waals surface area (Å²) in [5, 5.41) is 15.2. The van der Waals surface area contributed by atoms with E-state index >= 15 is 0 Å². The first-order chi connectivity index (χ1) is 12.3. The highest BCUT2D eigenvalue weighted by Gasteiger charge is 2.29. The molecule has 1 saturated heterocycles. The number of rotatable bonds is 5. The molecule has 0 spiro atoms. The normalized spacial score (nSPS) is 17.3. The summed E-state index contributed by atoms with van der Waals surface area (Å²) in [6.45, 7) is 1.41. The van der Waals surface area contributed by atoms with Gasteiger partial charge < -0.3 is 10.2 Å². The first kappa shape index (κ1) is 18.5. The molecule has 3 rings (SSSR count). The number of benzene rings is 2. The van der Waals surface area contributed by atoms with Crippen LogP contribution in [0.1, 0.15) is 6.42 Å². The Labute approximate surface area is 156 Å². The average molecular weight is 396 g/mol. The smallest absolute Gasteiger partial charge is 0.310 e. The molecule has 0 radical (unpaired) electrons. The summed E-state index contributed by atoms with van der Waals surface area (Å²) >= 11 is 6.03. The van der Waals surface area contributed by atoms with E-state index in [-0.39, 0.29) is 16.6 Å². The van der Waals surface area contributed by atoms with Gasteiger partial charge in [0.05, 0.1) is 4.92 Å². The van der Waals surface area contributed by atoms with E-state index in [9.17, 15) is 18.5 Å². The number of anilines is 2. The fourth-order valence-electron chi connectivity index (χ4n) is 3.13. The second-order valence-electron chi connectivity index (χ2n) is 6.24. The van der Waals surface area contributed by atoms with E-state index < -0.39 is 20.4 Å². The number of nitrogens with zero attached hydrogens (tertiary/aromatic N) is 2. The number of sulfone groups is 1. The molecule has 2 aromatic carbocycles. The molecule has 1 aliphatic heterocycles. The van der Waals surface area contributed by atoms with Crippen LogP contribution in [-0.4, -0.2) is 38.7 Å². The van der Waals surface area contributed by atoms with Gasteiger partial charge in [0, 0.05) is 36.1 Å². The predicted octanol–water partition coefficient (Wildman–Crippen LogP) is 3.34. The van der Waals surface area contributed by atoms with Crippen molar-refractivity contribution in [1.82, 2.24) is 0 Å². The minimum atomic E-state index is -3.70. The molecule has 1 heterocycles. The second-order valence-corrected chi connectivity index (χ2v) is 8.66. The fraction of sp³-hybridized carbons (Fsp3) is 0.294. The van der Waals surface area contributed by atoms with Crippen LogP contribution in [0.4, 0.5) is 17.1 Å². The molecule has 0 aliphatic carbocycles. The van der Waals surface area contributed by atoms with Crippen LogP contribution in [-0.2, 0) is 9.84 Å². The Morgan fingerprint density at radius 3 is 2.65 bits per heavy atom. The summed E-state index contributed by atoms with van der Waals surface area (Å²) in [7, 11) is -3.70. The van der Waals surface area contributed by atoms with Crippen molar-refractivity contribution in [3.63, 3.8) is 0 Å². The number of hydrogen-bond acceptors (Lipinski definition) is 6. The molecule has 0 saturated carbocycles. The fourth-order valence-corrected chi connectivity index (χ4v) is 4.18. The standard InChI is InChI=1S/C17H18ClN3O4S/c1-26(24,25)16-7-3-6-15(17(16)21(22)23)19-13-8-9-20(11-13)14-5-2-4-12(18)10-14/h2-7,10,13,19H,8-9,11H2,1H3. The van der Waals surface area contributed by atoms with E-state index in [2.05, 4.69) is 10.2 Å². The van der Waals surface area contributed by atoms with Crippen LogP contribution >= 0.6 is 11.6 Å². The Kier molecular flexibility index (Phi) is 5.06. The third-order valence-corrected chi connectivity index (χ3v) is 5.67. The third kappa shape index (κ3) is 3.91. The van der Waals surface area contributed by atoms with Gasteiger partial charge in [0.25, 0.3) is 0 Å². The molecule has 1 unspecified atom stereocenters. The van der Waals surface area contributed by atoms with E-state index in [4.69, 9.17) is 11.6 Å². The lowest BCUT2D eigenvalue weighted by Crippen LogP contribution is -2.26. The van der Waals surface area contributed by atoms with Gasteiger partial charge in [0.1, 0.15) is 10.6 Å². The van der Waals surface area contributed by atoms with Crippen molar-refractivity contribution in [1.29, 1.82) is 0 Å². The number of para-hydroxylation sites is 1. The van der Waals surface area contributed by atoms with Gasteiger partial charge in [0.2, 0.25) is 0 Å². The van der Waals surface area contributed by atoms with Crippen LogP contribution in [0.5, 0.6) is 0 Å². The summed E-state index contributed by atoms with van der Waals surface area (Å²) < 4.78 is 23.7. The Morgan fingerprint density at radius 1 is 1.27 bits per heavy atom. The summed E-state index contributed by atoms with van der Waals surface area (Å²) in [5.41, 5.74) is 0.799. The SMILES string of the molecule is CS(=O)(=O)c1cccc(NC2CCN(c3cccc(Cl)c3)C2)c1[N+](=O)[O-]. The van der Waals surface area contributed by atoms with Gasteiger partial charge in [-0.1, -0.05) is 23.7 Å². The van der Waals surface area contributed by atoms with Crippen LogP contribution in [0.25, 0.3) is 0 Å². The van der Waals surface area contributed by atoms with Gasteiger partial charge in [-0.15, -0.1) is 0 Å². The number of nitro benzene ring substituents is 1. The quantitative estimate of drug-likeness (QED) is 0.616. The lowest BCUT2D eigenvalue weighted by Gasteiger charge is -2.20. The molecule has 9 heteroatoms. The molecule has 1 atom stereocenters. The number of nitrogens with one attached hydrogen (secondary N) is 1. The zero-order chi connectivity index (χ0) is 18.9. The largest absolute Gasteiger partial charge is 0.375 e. The van der Waals surface area contributed by atoms with Crippen molar-refractivity contribution in [2.45, 2.75) is 17.4 Å². The van der Waals surface area contributed by atoms with Crippen molar-refractivity contribution in [2.75, 3.05) is 29.6 Å². The Hall–Kier alpha value is -2.32. The molecular formula is C17H18ClN3O4S. The molecule has 1 N–H and O–H groups in total. The van der Waals surface area contributed by atoms with Crippen LogP contribution in [0.3, 0.4) is 0 Å². The Balaban J connectivity index is 1.83. The van der Waals surface area contributed by atoms with Gasteiger partial charge in [-0.3, -0.25) is 10.1 Å². The molecule has 0 amide bonds. The Bertz CT molecular complexity index is 949. The number of halogens is 1. The minimum absolute atomic E-state index is 0.0394. The van der Waals surface area contributed by atoms with E-state index in [1.807, 2.05) is 18.2 Å². The van der Waals surface area contributed by atoms with E-state index in [0.29, 0.717) is 11.6 Å². The van der Waals surface area contributed by atoms with E-state index in [0.717, 1.165) is 24.9 Å². The van der Waals surface area contributed by atoms with Crippen molar-refractivity contribution >= 4 is 38.5 Å². The number of nitro groups is 1. The highest BCUT2D eigenvalue weighted by atomic mass is 35.5. The molecule has 138 valence electrons. The van der Waals surface area contributed by atoms with Crippen LogP contribution < -0.4 is 10.2 Å². The Morgan fingerprint density at radius 2 is 2.00 bits per heavy atom. The van der Waals surface area contributed by atoms with Crippen LogP contribution in [0.15, 0.2) is 47.4 Å². The maximum atomic E-state index is 11.9. The van der Waals surface area contributed by atoms with Crippen LogP contribution in [0.2, 0.25) is 5.02 Å². The van der Waals surface area contributed by atoms with Gasteiger partial charge in [-0.25, -0.2) is 8.42 Å². The lowest BCUT2D eigenvalue weighted by molar-refractivity contribution is -0.386. The van der Waals surface area contributed by atoms with Crippen LogP contribution in [0, 0.1) is 10.1 Å². The lowest BCUT2D eigenvalue weighted by atomic mass is 10.2. The second kappa shape index (κ2) is 7.13. The first-order valence-electron chi connectivity index (χ1n) is 8.00. The van der Waals surface area contributed by atoms with Gasteiger partial charge in [-0.05, 0) is 36.8 Å². The van der Waals surface area contributed by atoms with Gasteiger partial charge >= 0.3 is 5.69 Å². The van der Waals surface area contributed by atoms with Crippen molar-refractivity contribution < 1.29 is 13.3 Å². The molecular weight excluding hydrogens is 378 g/mol. The molecule has 0 aromatic heterocycles. The summed E-state index contributed by atoms with van der Waals surface area (Å²) in [5.74, 6) is 0. The van der Waals surface area contributed by atoms with Gasteiger partial charge in [0.15, 0.2) is 9.84 Å². The molecule has 7 nitrogen and oxygen atoms in total. The average Bonchev–Trinajstić information content (AvgIpc) is 3.02. The highest BCUT2D eigenvalue weighted by Crippen LogP contribution is 2.33. The van der Waals surface area contributed by atoms with Gasteiger partial charge in [-0.2, -0.15) is 0 Å². The minimum Gasteiger partial charge on any atom is -0.375 e. The molecule has 1 aliphatic rings. The number of hydrogen-bond donors (Lipinski definition) is 1. The van der Waals surface area contributed by atoms with Crippen molar-refractivity contribution in [3.8, 4) is 0 Å². The monoisotopic (exact) mass is 395 g/mol. The molecule has 0 bridgehead atoms. The first-order valence-corrected chi connectivity index (χ1v) is 10.3.